The zero-order chi connectivity index (χ0) is 27.8. The van der Waals surface area contributed by atoms with Gasteiger partial charge in [0, 0.05) is 72.6 Å². The van der Waals surface area contributed by atoms with Gasteiger partial charge >= 0.3 is 0 Å². The molecule has 7 heteroatoms. The van der Waals surface area contributed by atoms with Gasteiger partial charge in [-0.15, -0.1) is 26.0 Å². The number of benzene rings is 1. The van der Waals surface area contributed by atoms with Gasteiger partial charge in [0.2, 0.25) is 0 Å². The Balaban J connectivity index is -0.000000683. The summed E-state index contributed by atoms with van der Waals surface area (Å²) in [6.45, 7) is 9.86. The van der Waals surface area contributed by atoms with Crippen molar-refractivity contribution in [3.05, 3.63) is 72.1 Å². The molecule has 0 unspecified atom stereocenters. The summed E-state index contributed by atoms with van der Waals surface area (Å²) in [6, 6.07) is 6.40. The summed E-state index contributed by atoms with van der Waals surface area (Å²) < 4.78 is 39.6. The number of aliphatic imine (C=N–C) groups is 1. The van der Waals surface area contributed by atoms with E-state index in [1.807, 2.05) is 12.8 Å². The van der Waals surface area contributed by atoms with Gasteiger partial charge in [0.15, 0.2) is 0 Å². The van der Waals surface area contributed by atoms with Crippen LogP contribution in [0, 0.1) is 42.8 Å². The number of alkyl halides is 2. The molecule has 0 aromatic heterocycles. The van der Waals surface area contributed by atoms with Crippen LogP contribution < -0.4 is 0 Å². The van der Waals surface area contributed by atoms with E-state index in [0.717, 1.165) is 30.4 Å². The largest absolute Gasteiger partial charge is 0.397 e. The minimum absolute atomic E-state index is 0. The Morgan fingerprint density at radius 3 is 2.14 bits per heavy atom. The van der Waals surface area contributed by atoms with Gasteiger partial charge in [-0.1, -0.05) is 41.7 Å². The van der Waals surface area contributed by atoms with Crippen molar-refractivity contribution in [3.8, 4) is 24.7 Å². The monoisotopic (exact) mass is 590 g/mol. The normalized spacial score (nSPS) is 16.6. The molecule has 37 heavy (non-hydrogen) atoms. The predicted octanol–water partition coefficient (Wildman–Crippen LogP) is 6.91. The first-order chi connectivity index (χ1) is 17.1. The Hall–Kier alpha value is -2.25. The Morgan fingerprint density at radius 2 is 1.76 bits per heavy atom. The number of rotatable bonds is 4. The second-order valence-corrected chi connectivity index (χ2v) is 8.28. The maximum atomic E-state index is 13.7. The first-order valence-electron chi connectivity index (χ1n) is 11.6. The minimum atomic E-state index is -2.64. The number of carbonyl (C=O) groups excluding carboxylic acids is 1. The van der Waals surface area contributed by atoms with E-state index in [2.05, 4.69) is 24.1 Å². The first kappa shape index (κ1) is 36.9. The molecule has 1 aromatic carbocycles. The summed E-state index contributed by atoms with van der Waals surface area (Å²) in [7, 11) is 1.46. The van der Waals surface area contributed by atoms with Gasteiger partial charge in [0.25, 0.3) is 11.7 Å². The van der Waals surface area contributed by atoms with Crippen LogP contribution in [-0.2, 0) is 37.5 Å². The van der Waals surface area contributed by atoms with Crippen molar-refractivity contribution in [1.29, 1.82) is 0 Å². The molecule has 1 radical (unpaired) electrons. The van der Waals surface area contributed by atoms with E-state index in [1.165, 1.54) is 25.3 Å². The fourth-order valence-corrected chi connectivity index (χ4v) is 3.88. The van der Waals surface area contributed by atoms with Gasteiger partial charge in [-0.05, 0) is 56.2 Å². The topological polar surface area (TPSA) is 49.7 Å². The number of Topliss-reactive ketones (excluding diaryl/α,β-unsaturated/α-hetero) is 1. The van der Waals surface area contributed by atoms with E-state index < -0.39 is 17.1 Å². The van der Waals surface area contributed by atoms with Crippen molar-refractivity contribution in [2.45, 2.75) is 58.3 Å². The molecule has 0 aliphatic heterocycles. The van der Waals surface area contributed by atoms with Crippen LogP contribution in [0.25, 0.3) is 0 Å². The van der Waals surface area contributed by atoms with Crippen molar-refractivity contribution in [3.63, 3.8) is 0 Å². The SMILES string of the molecule is C#CC(=O)C(/C=C(\C#C)CC1=CCC(F)(F)CC12CCC2)=NC.C=C.CCO.Cc1ccc(F)cc1.[HH].[Y]. The number of carbonyl (C=O) groups is 1. The maximum absolute atomic E-state index is 13.7. The number of nitrogens with zero attached hydrogens (tertiary/aromatic N) is 1. The van der Waals surface area contributed by atoms with Crippen LogP contribution in [0.15, 0.2) is 65.7 Å². The second kappa shape index (κ2) is 18.9. The summed E-state index contributed by atoms with van der Waals surface area (Å²) >= 11 is 0. The third kappa shape index (κ3) is 12.7. The number of halogens is 3. The average Bonchev–Trinajstić information content (AvgIpc) is 2.84. The molecule has 0 bridgehead atoms. The van der Waals surface area contributed by atoms with Crippen LogP contribution >= 0.6 is 0 Å². The Kier molecular flexibility index (Phi) is 18.9. The number of hydrogen-bond donors (Lipinski definition) is 1. The maximum Gasteiger partial charge on any atom is 0.253 e. The molecule has 0 heterocycles. The number of allylic oxidation sites excluding steroid dienone is 4. The van der Waals surface area contributed by atoms with Crippen LogP contribution in [0.5, 0.6) is 0 Å². The van der Waals surface area contributed by atoms with Gasteiger partial charge in [0.1, 0.15) is 11.5 Å². The number of hydrogen-bond acceptors (Lipinski definition) is 3. The summed E-state index contributed by atoms with van der Waals surface area (Å²) in [4.78, 5) is 15.4. The fraction of sp³-hybridized carbons (Fsp3) is 0.400. The fourth-order valence-electron chi connectivity index (χ4n) is 3.88. The molecule has 1 aromatic rings. The molecule has 0 atom stereocenters. The molecular weight excluding hydrogens is 552 g/mol. The quantitative estimate of drug-likeness (QED) is 0.179. The molecule has 0 saturated heterocycles. The van der Waals surface area contributed by atoms with Crippen LogP contribution in [0.3, 0.4) is 0 Å². The zero-order valence-electron chi connectivity index (χ0n) is 22.0. The first-order valence-corrected chi connectivity index (χ1v) is 11.6. The van der Waals surface area contributed by atoms with E-state index >= 15 is 0 Å². The molecule has 2 aliphatic carbocycles. The molecule has 3 nitrogen and oxygen atoms in total. The molecular formula is C30H38F3NO2Y. The van der Waals surface area contributed by atoms with Gasteiger partial charge in [0.05, 0.1) is 0 Å². The third-order valence-corrected chi connectivity index (χ3v) is 5.73. The second-order valence-electron chi connectivity index (χ2n) is 8.28. The van der Waals surface area contributed by atoms with E-state index in [1.54, 1.807) is 25.1 Å². The summed E-state index contributed by atoms with van der Waals surface area (Å²) in [5, 5.41) is 7.57. The molecule has 0 amide bonds. The van der Waals surface area contributed by atoms with E-state index in [0.29, 0.717) is 12.0 Å². The third-order valence-electron chi connectivity index (χ3n) is 5.73. The average molecular weight is 591 g/mol. The standard InChI is InChI=1S/C19H19F2NO.C7H7F.C2H6O.C2H4.Y.H2/c1-4-14(12-16(22-3)17(23)5-2)11-15-7-10-19(20,21)13-18(15)8-6-9-18;1-6-2-4-7(8)5-3-6;1-2-3;1-2;;/h1-2,7,12H,6,8-11,13H2,3H3;2-5H,1H3;3H,2H2,1H3;1-2H2;;1H/b14-12+,22-16?;;;;;. The van der Waals surface area contributed by atoms with Crippen molar-refractivity contribution in [2.24, 2.45) is 10.4 Å². The van der Waals surface area contributed by atoms with Crippen molar-refractivity contribution in [1.82, 2.24) is 0 Å². The molecule has 1 spiro atoms. The van der Waals surface area contributed by atoms with Gasteiger partial charge in [-0.3, -0.25) is 9.79 Å². The van der Waals surface area contributed by atoms with Crippen LogP contribution in [0.4, 0.5) is 13.2 Å². The van der Waals surface area contributed by atoms with Gasteiger partial charge < -0.3 is 5.11 Å². The van der Waals surface area contributed by atoms with Crippen LogP contribution in [0.1, 0.15) is 52.4 Å². The number of aliphatic hydroxyl groups excluding tert-OH is 1. The summed E-state index contributed by atoms with van der Waals surface area (Å²) in [5.74, 6) is 1.18. The zero-order valence-corrected chi connectivity index (χ0v) is 24.8. The van der Waals surface area contributed by atoms with Crippen molar-refractivity contribution >= 4 is 11.5 Å². The van der Waals surface area contributed by atoms with Gasteiger partial charge in [-0.2, -0.15) is 0 Å². The van der Waals surface area contributed by atoms with Gasteiger partial charge in [-0.25, -0.2) is 13.2 Å². The molecule has 1 saturated carbocycles. The number of ketones is 1. The molecule has 1 fully saturated rings. The van der Waals surface area contributed by atoms with Crippen molar-refractivity contribution in [2.75, 3.05) is 13.7 Å². The van der Waals surface area contributed by atoms with Crippen LogP contribution in [0.2, 0.25) is 0 Å². The molecule has 1 N–H and O–H groups in total. The van der Waals surface area contributed by atoms with E-state index in [4.69, 9.17) is 18.0 Å². The Morgan fingerprint density at radius 1 is 1.22 bits per heavy atom. The molecule has 3 rings (SSSR count). The number of aliphatic hydroxyl groups is 1. The minimum Gasteiger partial charge on any atom is -0.397 e. The smallest absolute Gasteiger partial charge is 0.253 e. The number of aryl methyl sites for hydroxylation is 1. The number of terminal acetylenes is 2. The summed E-state index contributed by atoms with van der Waals surface area (Å²) in [5.41, 5.74) is 2.27. The van der Waals surface area contributed by atoms with Crippen LogP contribution in [-0.4, -0.2) is 36.2 Å². The summed E-state index contributed by atoms with van der Waals surface area (Å²) in [6.07, 6.45) is 16.3. The molecule has 199 valence electrons. The Bertz CT molecular complexity index is 1010. The van der Waals surface area contributed by atoms with Crippen molar-refractivity contribution < 1.29 is 57.2 Å². The van der Waals surface area contributed by atoms with E-state index in [9.17, 15) is 18.0 Å². The predicted molar refractivity (Wildman–Crippen MR) is 145 cm³/mol. The molecule has 2 aliphatic rings. The van der Waals surface area contributed by atoms with E-state index in [-0.39, 0.29) is 65.1 Å². The Labute approximate surface area is 246 Å².